The fourth-order valence-electron chi connectivity index (χ4n) is 3.39. The van der Waals surface area contributed by atoms with Crippen LogP contribution in [0.4, 0.5) is 13.2 Å². The van der Waals surface area contributed by atoms with Crippen LogP contribution in [-0.2, 0) is 4.79 Å². The van der Waals surface area contributed by atoms with Gasteiger partial charge in [0.15, 0.2) is 0 Å². The second-order valence-corrected chi connectivity index (χ2v) is 5.84. The van der Waals surface area contributed by atoms with Crippen LogP contribution in [0.15, 0.2) is 0 Å². The average molecular weight is 278 g/mol. The van der Waals surface area contributed by atoms with Crippen LogP contribution in [0.1, 0.15) is 39.5 Å². The van der Waals surface area contributed by atoms with Crippen molar-refractivity contribution < 1.29 is 18.0 Å². The molecular weight excluding hydrogens is 257 g/mol. The largest absolute Gasteiger partial charge is 0.389 e. The summed E-state index contributed by atoms with van der Waals surface area (Å²) in [6.07, 6.45) is -3.57. The van der Waals surface area contributed by atoms with E-state index in [2.05, 4.69) is 18.7 Å². The molecule has 2 atom stereocenters. The van der Waals surface area contributed by atoms with Gasteiger partial charge in [-0.05, 0) is 26.7 Å². The van der Waals surface area contributed by atoms with Crippen molar-refractivity contribution >= 4 is 5.91 Å². The number of nitrogens with zero attached hydrogens (tertiary/aromatic N) is 2. The van der Waals surface area contributed by atoms with Gasteiger partial charge in [0.25, 0.3) is 0 Å². The molecule has 0 radical (unpaired) electrons. The van der Waals surface area contributed by atoms with E-state index in [-0.39, 0.29) is 5.91 Å². The molecule has 0 aromatic heterocycles. The number of hydrogen-bond acceptors (Lipinski definition) is 2. The number of amides is 1. The number of carbonyl (C=O) groups excluding carboxylic acids is 1. The van der Waals surface area contributed by atoms with E-state index in [9.17, 15) is 18.0 Å². The van der Waals surface area contributed by atoms with Crippen LogP contribution in [0.2, 0.25) is 0 Å². The number of alkyl halides is 3. The summed E-state index contributed by atoms with van der Waals surface area (Å²) in [6, 6.07) is 1.09. The van der Waals surface area contributed by atoms with Gasteiger partial charge in [-0.3, -0.25) is 9.69 Å². The second kappa shape index (κ2) is 5.31. The molecule has 2 bridgehead atoms. The Balaban J connectivity index is 1.90. The molecule has 0 spiro atoms. The van der Waals surface area contributed by atoms with Crippen molar-refractivity contribution in [1.29, 1.82) is 0 Å². The van der Waals surface area contributed by atoms with Crippen molar-refractivity contribution in [3.05, 3.63) is 0 Å². The predicted molar refractivity (Wildman–Crippen MR) is 65.7 cm³/mol. The quantitative estimate of drug-likeness (QED) is 0.791. The van der Waals surface area contributed by atoms with Crippen LogP contribution in [0.3, 0.4) is 0 Å². The van der Waals surface area contributed by atoms with Gasteiger partial charge in [0, 0.05) is 37.6 Å². The molecule has 1 amide bonds. The van der Waals surface area contributed by atoms with Gasteiger partial charge < -0.3 is 4.90 Å². The standard InChI is InChI=1S/C13H21F3N2O/c1-9(2)18-10-3-4-11(18)8-17(7-10)12(19)5-6-13(14,15)16/h9-11H,3-8H2,1-2H3. The normalized spacial score (nSPS) is 28.2. The van der Waals surface area contributed by atoms with Gasteiger partial charge in [-0.25, -0.2) is 0 Å². The van der Waals surface area contributed by atoms with Crippen molar-refractivity contribution in [2.45, 2.75) is 63.8 Å². The summed E-state index contributed by atoms with van der Waals surface area (Å²) < 4.78 is 36.4. The van der Waals surface area contributed by atoms with Crippen molar-refractivity contribution in [3.8, 4) is 0 Å². The van der Waals surface area contributed by atoms with Crippen molar-refractivity contribution in [3.63, 3.8) is 0 Å². The number of likely N-dealkylation sites (tertiary alicyclic amines) is 1. The third-order valence-electron chi connectivity index (χ3n) is 4.11. The van der Waals surface area contributed by atoms with Crippen LogP contribution in [0.25, 0.3) is 0 Å². The summed E-state index contributed by atoms with van der Waals surface area (Å²) in [5.41, 5.74) is 0. The number of carbonyl (C=O) groups is 1. The molecule has 2 aliphatic rings. The minimum Gasteiger partial charge on any atom is -0.340 e. The third kappa shape index (κ3) is 3.41. The van der Waals surface area contributed by atoms with Gasteiger partial charge in [0.2, 0.25) is 5.91 Å². The lowest BCUT2D eigenvalue weighted by Crippen LogP contribution is -2.57. The average Bonchev–Trinajstić information content (AvgIpc) is 2.56. The molecule has 6 heteroatoms. The molecule has 2 unspecified atom stereocenters. The molecule has 0 aromatic rings. The molecule has 0 N–H and O–H groups in total. The summed E-state index contributed by atoms with van der Waals surface area (Å²) in [4.78, 5) is 15.9. The lowest BCUT2D eigenvalue weighted by atomic mass is 10.1. The zero-order valence-electron chi connectivity index (χ0n) is 11.4. The molecule has 0 aromatic carbocycles. The molecule has 19 heavy (non-hydrogen) atoms. The van der Waals surface area contributed by atoms with Crippen LogP contribution in [0, 0.1) is 0 Å². The predicted octanol–water partition coefficient (Wildman–Crippen LogP) is 2.41. The minimum atomic E-state index is -4.24. The lowest BCUT2D eigenvalue weighted by Gasteiger charge is -2.43. The first-order valence-corrected chi connectivity index (χ1v) is 6.90. The van der Waals surface area contributed by atoms with Crippen molar-refractivity contribution in [1.82, 2.24) is 9.80 Å². The number of rotatable bonds is 3. The molecule has 0 aliphatic carbocycles. The maximum atomic E-state index is 12.1. The van der Waals surface area contributed by atoms with Crippen molar-refractivity contribution in [2.24, 2.45) is 0 Å². The summed E-state index contributed by atoms with van der Waals surface area (Å²) in [5, 5.41) is 0. The van der Waals surface area contributed by atoms with Gasteiger partial charge in [-0.1, -0.05) is 0 Å². The first kappa shape index (κ1) is 14.6. The molecule has 2 saturated heterocycles. The third-order valence-corrected chi connectivity index (χ3v) is 4.11. The van der Waals surface area contributed by atoms with Crippen LogP contribution >= 0.6 is 0 Å². The zero-order valence-corrected chi connectivity index (χ0v) is 11.4. The van der Waals surface area contributed by atoms with E-state index in [0.29, 0.717) is 31.2 Å². The Morgan fingerprint density at radius 2 is 1.74 bits per heavy atom. The Morgan fingerprint density at radius 3 is 2.16 bits per heavy atom. The summed E-state index contributed by atoms with van der Waals surface area (Å²) >= 11 is 0. The van der Waals surface area contributed by atoms with Crippen molar-refractivity contribution in [2.75, 3.05) is 13.1 Å². The van der Waals surface area contributed by atoms with E-state index in [4.69, 9.17) is 0 Å². The number of fused-ring (bicyclic) bond motifs is 2. The van der Waals surface area contributed by atoms with Crippen LogP contribution in [0.5, 0.6) is 0 Å². The first-order chi connectivity index (χ1) is 8.78. The lowest BCUT2D eigenvalue weighted by molar-refractivity contribution is -0.151. The highest BCUT2D eigenvalue weighted by Crippen LogP contribution is 2.32. The molecule has 110 valence electrons. The van der Waals surface area contributed by atoms with E-state index >= 15 is 0 Å². The maximum absolute atomic E-state index is 12.1. The molecule has 2 heterocycles. The molecule has 0 saturated carbocycles. The van der Waals surface area contributed by atoms with E-state index in [0.717, 1.165) is 12.8 Å². The SMILES string of the molecule is CC(C)N1C2CCC1CN(C(=O)CCC(F)(F)F)C2. The highest BCUT2D eigenvalue weighted by Gasteiger charge is 2.42. The Bertz CT molecular complexity index is 329. The Hall–Kier alpha value is -0.780. The number of halogens is 3. The van der Waals surface area contributed by atoms with E-state index in [1.165, 1.54) is 0 Å². The summed E-state index contributed by atoms with van der Waals surface area (Å²) in [6.45, 7) is 5.44. The highest BCUT2D eigenvalue weighted by molar-refractivity contribution is 5.76. The topological polar surface area (TPSA) is 23.6 Å². The Morgan fingerprint density at radius 1 is 1.21 bits per heavy atom. The van der Waals surface area contributed by atoms with Gasteiger partial charge >= 0.3 is 6.18 Å². The van der Waals surface area contributed by atoms with Crippen LogP contribution < -0.4 is 0 Å². The van der Waals surface area contributed by atoms with E-state index in [1.54, 1.807) is 4.90 Å². The zero-order chi connectivity index (χ0) is 14.2. The molecule has 2 fully saturated rings. The summed E-state index contributed by atoms with van der Waals surface area (Å²) in [7, 11) is 0. The van der Waals surface area contributed by atoms with E-state index in [1.807, 2.05) is 0 Å². The Labute approximate surface area is 111 Å². The summed E-state index contributed by atoms with van der Waals surface area (Å²) in [5.74, 6) is -0.349. The highest BCUT2D eigenvalue weighted by atomic mass is 19.4. The van der Waals surface area contributed by atoms with Crippen LogP contribution in [-0.4, -0.2) is 53.1 Å². The number of piperazine rings is 1. The number of hydrogen-bond donors (Lipinski definition) is 0. The minimum absolute atomic E-state index is 0.327. The molecular formula is C13H21F3N2O. The maximum Gasteiger partial charge on any atom is 0.389 e. The van der Waals surface area contributed by atoms with Gasteiger partial charge in [-0.2, -0.15) is 13.2 Å². The first-order valence-electron chi connectivity index (χ1n) is 6.90. The molecule has 2 aliphatic heterocycles. The van der Waals surface area contributed by atoms with E-state index < -0.39 is 19.0 Å². The smallest absolute Gasteiger partial charge is 0.340 e. The van der Waals surface area contributed by atoms with Gasteiger partial charge in [-0.15, -0.1) is 0 Å². The second-order valence-electron chi connectivity index (χ2n) is 5.84. The van der Waals surface area contributed by atoms with Gasteiger partial charge in [0.1, 0.15) is 0 Å². The molecule has 2 rings (SSSR count). The fourth-order valence-corrected chi connectivity index (χ4v) is 3.39. The Kier molecular flexibility index (Phi) is 4.08. The monoisotopic (exact) mass is 278 g/mol. The van der Waals surface area contributed by atoms with Gasteiger partial charge in [0.05, 0.1) is 6.42 Å². The molecule has 3 nitrogen and oxygen atoms in total. The fraction of sp³-hybridized carbons (Fsp3) is 0.923.